The van der Waals surface area contributed by atoms with Crippen molar-refractivity contribution in [2.24, 2.45) is 0 Å². The van der Waals surface area contributed by atoms with Gasteiger partial charge in [0.1, 0.15) is 5.82 Å². The van der Waals surface area contributed by atoms with Crippen molar-refractivity contribution in [3.05, 3.63) is 80.7 Å². The predicted octanol–water partition coefficient (Wildman–Crippen LogP) is 5.01. The van der Waals surface area contributed by atoms with E-state index in [2.05, 4.69) is 0 Å². The minimum Gasteiger partial charge on any atom is -0.465 e. The topological polar surface area (TPSA) is 46.6 Å². The molecule has 0 bridgehead atoms. The summed E-state index contributed by atoms with van der Waals surface area (Å²) in [5.74, 6) is -1.69. The highest BCUT2D eigenvalue weighted by atomic mass is 35.5. The summed E-state index contributed by atoms with van der Waals surface area (Å²) in [5.41, 5.74) is 1.08. The molecule has 0 aromatic heterocycles. The number of rotatable bonds is 3. The molecule has 27 heavy (non-hydrogen) atoms. The number of carbonyl (C=O) groups is 2. The lowest BCUT2D eigenvalue weighted by molar-refractivity contribution is -0.136. The SMILES string of the molecule is COC(=O)C1=C(C)N(c2ccc(Cl)c(Cl)c2)C(=O)/C1=C\c1ccccc1F. The van der Waals surface area contributed by atoms with E-state index < -0.39 is 17.7 Å². The Kier molecular flexibility index (Phi) is 5.35. The van der Waals surface area contributed by atoms with Gasteiger partial charge in [-0.05, 0) is 37.3 Å². The van der Waals surface area contributed by atoms with Crippen LogP contribution in [0, 0.1) is 5.82 Å². The van der Waals surface area contributed by atoms with Crippen molar-refractivity contribution in [2.75, 3.05) is 12.0 Å². The van der Waals surface area contributed by atoms with Gasteiger partial charge in [-0.3, -0.25) is 9.69 Å². The van der Waals surface area contributed by atoms with E-state index in [0.29, 0.717) is 16.4 Å². The van der Waals surface area contributed by atoms with Gasteiger partial charge in [-0.25, -0.2) is 9.18 Å². The van der Waals surface area contributed by atoms with Crippen molar-refractivity contribution in [2.45, 2.75) is 6.92 Å². The molecule has 0 saturated heterocycles. The van der Waals surface area contributed by atoms with Crippen LogP contribution in [0.4, 0.5) is 10.1 Å². The van der Waals surface area contributed by atoms with E-state index in [9.17, 15) is 14.0 Å². The van der Waals surface area contributed by atoms with Crippen molar-refractivity contribution in [1.82, 2.24) is 0 Å². The summed E-state index contributed by atoms with van der Waals surface area (Å²) in [6, 6.07) is 10.6. The Morgan fingerprint density at radius 1 is 1.15 bits per heavy atom. The fourth-order valence-electron chi connectivity index (χ4n) is 2.86. The average Bonchev–Trinajstić information content (AvgIpc) is 2.89. The molecular weight excluding hydrogens is 392 g/mol. The van der Waals surface area contributed by atoms with Crippen LogP contribution in [0.1, 0.15) is 12.5 Å². The fourth-order valence-corrected chi connectivity index (χ4v) is 3.16. The normalized spacial score (nSPS) is 15.7. The largest absolute Gasteiger partial charge is 0.465 e. The van der Waals surface area contributed by atoms with Gasteiger partial charge in [0.2, 0.25) is 0 Å². The van der Waals surface area contributed by atoms with Crippen LogP contribution in [0.3, 0.4) is 0 Å². The second kappa shape index (κ2) is 7.55. The lowest BCUT2D eigenvalue weighted by Gasteiger charge is -2.18. The van der Waals surface area contributed by atoms with Crippen LogP contribution in [0.25, 0.3) is 6.08 Å². The summed E-state index contributed by atoms with van der Waals surface area (Å²) in [6.07, 6.45) is 1.34. The van der Waals surface area contributed by atoms with E-state index in [0.717, 1.165) is 0 Å². The maximum absolute atomic E-state index is 14.1. The summed E-state index contributed by atoms with van der Waals surface area (Å²) in [7, 11) is 1.22. The van der Waals surface area contributed by atoms with Gasteiger partial charge in [-0.2, -0.15) is 0 Å². The molecular formula is C20H14Cl2FNO3. The molecule has 138 valence electrons. The van der Waals surface area contributed by atoms with Gasteiger partial charge < -0.3 is 4.74 Å². The van der Waals surface area contributed by atoms with Crippen LogP contribution < -0.4 is 4.90 Å². The number of methoxy groups -OCH3 is 1. The van der Waals surface area contributed by atoms with Crippen molar-refractivity contribution in [1.29, 1.82) is 0 Å². The molecule has 1 amide bonds. The monoisotopic (exact) mass is 405 g/mol. The standard InChI is InChI=1S/C20H14Cl2FNO3/c1-11-18(20(26)27-2)14(9-12-5-3-4-6-17(12)23)19(25)24(11)13-7-8-15(21)16(22)10-13/h3-10H,1-2H3/b14-9-. The molecule has 1 heterocycles. The van der Waals surface area contributed by atoms with Crippen molar-refractivity contribution < 1.29 is 18.7 Å². The first kappa shape index (κ1) is 19.1. The van der Waals surface area contributed by atoms with E-state index in [-0.39, 0.29) is 21.7 Å². The molecule has 0 fully saturated rings. The molecule has 0 atom stereocenters. The lowest BCUT2D eigenvalue weighted by atomic mass is 10.0. The summed E-state index contributed by atoms with van der Waals surface area (Å²) >= 11 is 12.0. The second-order valence-electron chi connectivity index (χ2n) is 5.77. The maximum atomic E-state index is 14.1. The van der Waals surface area contributed by atoms with E-state index in [1.165, 1.54) is 42.4 Å². The van der Waals surface area contributed by atoms with Gasteiger partial charge in [-0.1, -0.05) is 41.4 Å². The third kappa shape index (κ3) is 3.48. The Labute approximate surface area is 165 Å². The first-order valence-electron chi connectivity index (χ1n) is 7.90. The molecule has 0 radical (unpaired) electrons. The van der Waals surface area contributed by atoms with Gasteiger partial charge in [0.15, 0.2) is 0 Å². The number of allylic oxidation sites excluding steroid dienone is 1. The minimum atomic E-state index is -0.689. The second-order valence-corrected chi connectivity index (χ2v) is 6.58. The Hall–Kier alpha value is -2.63. The fraction of sp³-hybridized carbons (Fsp3) is 0.100. The minimum absolute atomic E-state index is 0.0375. The molecule has 1 aliphatic heterocycles. The highest BCUT2D eigenvalue weighted by Gasteiger charge is 2.38. The third-order valence-electron chi connectivity index (χ3n) is 4.16. The predicted molar refractivity (Wildman–Crippen MR) is 103 cm³/mol. The van der Waals surface area contributed by atoms with Crippen molar-refractivity contribution in [3.8, 4) is 0 Å². The Balaban J connectivity index is 2.17. The summed E-state index contributed by atoms with van der Waals surface area (Å²) < 4.78 is 18.9. The molecule has 3 rings (SSSR count). The van der Waals surface area contributed by atoms with Gasteiger partial charge in [0.25, 0.3) is 5.91 Å². The Morgan fingerprint density at radius 3 is 2.48 bits per heavy atom. The quantitative estimate of drug-likeness (QED) is 0.532. The van der Waals surface area contributed by atoms with Crippen molar-refractivity contribution >= 4 is 46.8 Å². The van der Waals surface area contributed by atoms with Gasteiger partial charge in [0.05, 0.1) is 34.0 Å². The number of esters is 1. The molecule has 7 heteroatoms. The van der Waals surface area contributed by atoms with Crippen LogP contribution in [-0.2, 0) is 14.3 Å². The Bertz CT molecular complexity index is 1010. The molecule has 2 aromatic rings. The van der Waals surface area contributed by atoms with Crippen LogP contribution in [0.2, 0.25) is 10.0 Å². The third-order valence-corrected chi connectivity index (χ3v) is 4.90. The molecule has 0 spiro atoms. The number of amides is 1. The number of hydrogen-bond donors (Lipinski definition) is 0. The van der Waals surface area contributed by atoms with Gasteiger partial charge >= 0.3 is 5.97 Å². The number of ether oxygens (including phenoxy) is 1. The van der Waals surface area contributed by atoms with E-state index in [1.54, 1.807) is 25.1 Å². The number of hydrogen-bond acceptors (Lipinski definition) is 3. The number of anilines is 1. The van der Waals surface area contributed by atoms with E-state index >= 15 is 0 Å². The highest BCUT2D eigenvalue weighted by Crippen LogP contribution is 2.37. The first-order chi connectivity index (χ1) is 12.8. The number of nitrogens with zero attached hydrogens (tertiary/aromatic N) is 1. The average molecular weight is 406 g/mol. The molecule has 2 aromatic carbocycles. The van der Waals surface area contributed by atoms with Crippen LogP contribution >= 0.6 is 23.2 Å². The van der Waals surface area contributed by atoms with Crippen LogP contribution in [-0.4, -0.2) is 19.0 Å². The molecule has 0 saturated carbocycles. The highest BCUT2D eigenvalue weighted by molar-refractivity contribution is 6.42. The molecule has 0 N–H and O–H groups in total. The number of benzene rings is 2. The summed E-state index contributed by atoms with van der Waals surface area (Å²) in [5, 5.41) is 0.602. The van der Waals surface area contributed by atoms with Crippen LogP contribution in [0.5, 0.6) is 0 Å². The lowest BCUT2D eigenvalue weighted by Crippen LogP contribution is -2.24. The van der Waals surface area contributed by atoms with Gasteiger partial charge in [0, 0.05) is 11.3 Å². The molecule has 1 aliphatic rings. The zero-order valence-electron chi connectivity index (χ0n) is 14.4. The van der Waals surface area contributed by atoms with E-state index in [4.69, 9.17) is 27.9 Å². The van der Waals surface area contributed by atoms with Crippen molar-refractivity contribution in [3.63, 3.8) is 0 Å². The smallest absolute Gasteiger partial charge is 0.340 e. The van der Waals surface area contributed by atoms with Crippen LogP contribution in [0.15, 0.2) is 59.3 Å². The maximum Gasteiger partial charge on any atom is 0.340 e. The molecule has 0 unspecified atom stereocenters. The first-order valence-corrected chi connectivity index (χ1v) is 8.66. The van der Waals surface area contributed by atoms with E-state index in [1.807, 2.05) is 0 Å². The van der Waals surface area contributed by atoms with Gasteiger partial charge in [-0.15, -0.1) is 0 Å². The number of halogens is 3. The number of carbonyl (C=O) groups excluding carboxylic acids is 2. The summed E-state index contributed by atoms with van der Waals surface area (Å²) in [6.45, 7) is 1.61. The molecule has 0 aliphatic carbocycles. The zero-order chi connectivity index (χ0) is 19.7. The molecule has 4 nitrogen and oxygen atoms in total. The Morgan fingerprint density at radius 2 is 1.85 bits per heavy atom. The summed E-state index contributed by atoms with van der Waals surface area (Å²) in [4.78, 5) is 26.7. The zero-order valence-corrected chi connectivity index (χ0v) is 15.9.